The number of thiophene rings is 1. The van der Waals surface area contributed by atoms with E-state index >= 15 is 0 Å². The molecular weight excluding hydrogens is 354 g/mol. The molecule has 0 fully saturated rings. The van der Waals surface area contributed by atoms with Gasteiger partial charge >= 0.3 is 0 Å². The number of amides is 1. The van der Waals surface area contributed by atoms with Gasteiger partial charge in [0.05, 0.1) is 9.77 Å². The summed E-state index contributed by atoms with van der Waals surface area (Å²) in [5, 5.41) is 2.83. The summed E-state index contributed by atoms with van der Waals surface area (Å²) in [4.78, 5) is 13.0. The molecule has 0 bridgehead atoms. The molecule has 1 heterocycles. The van der Waals surface area contributed by atoms with Gasteiger partial charge in [-0.3, -0.25) is 4.79 Å². The third-order valence-corrected chi connectivity index (χ3v) is 7.10. The molecule has 0 aliphatic heterocycles. The highest BCUT2D eigenvalue weighted by atomic mass is 32.2. The number of hydrogen-bond acceptors (Lipinski definition) is 4. The third kappa shape index (κ3) is 3.65. The van der Waals surface area contributed by atoms with Gasteiger partial charge in [0, 0.05) is 5.69 Å². The minimum Gasteiger partial charge on any atom is -0.321 e. The van der Waals surface area contributed by atoms with Gasteiger partial charge < -0.3 is 5.32 Å². The molecule has 4 nitrogen and oxygen atoms in total. The maximum absolute atomic E-state index is 12.6. The Bertz CT molecular complexity index is 1020. The van der Waals surface area contributed by atoms with E-state index in [-0.39, 0.29) is 15.0 Å². The molecule has 128 valence electrons. The van der Waals surface area contributed by atoms with Crippen molar-refractivity contribution in [1.29, 1.82) is 0 Å². The van der Waals surface area contributed by atoms with Crippen molar-refractivity contribution in [2.45, 2.75) is 23.0 Å². The Hall–Kier alpha value is -2.44. The lowest BCUT2D eigenvalue weighted by molar-refractivity contribution is 0.103. The Kier molecular flexibility index (Phi) is 4.74. The fourth-order valence-electron chi connectivity index (χ4n) is 2.44. The predicted octanol–water partition coefficient (Wildman–Crippen LogP) is 4.45. The molecule has 0 unspecified atom stereocenters. The Morgan fingerprint density at radius 3 is 2.36 bits per heavy atom. The van der Waals surface area contributed by atoms with Gasteiger partial charge in [-0.15, -0.1) is 11.3 Å². The fourth-order valence-corrected chi connectivity index (χ4v) is 5.06. The zero-order valence-corrected chi connectivity index (χ0v) is 15.4. The second-order valence-corrected chi connectivity index (χ2v) is 8.97. The zero-order chi connectivity index (χ0) is 18.0. The van der Waals surface area contributed by atoms with E-state index in [1.807, 2.05) is 32.0 Å². The first-order chi connectivity index (χ1) is 11.9. The molecule has 3 aromatic rings. The Balaban J connectivity index is 1.85. The van der Waals surface area contributed by atoms with Gasteiger partial charge in [-0.05, 0) is 49.7 Å². The van der Waals surface area contributed by atoms with Gasteiger partial charge in [0.2, 0.25) is 9.84 Å². The van der Waals surface area contributed by atoms with Crippen molar-refractivity contribution >= 4 is 32.8 Å². The van der Waals surface area contributed by atoms with Crippen molar-refractivity contribution in [2.24, 2.45) is 0 Å². The summed E-state index contributed by atoms with van der Waals surface area (Å²) >= 11 is 0.971. The van der Waals surface area contributed by atoms with E-state index in [0.717, 1.165) is 28.2 Å². The average Bonchev–Trinajstić information content (AvgIpc) is 3.09. The lowest BCUT2D eigenvalue weighted by atomic mass is 10.1. The lowest BCUT2D eigenvalue weighted by Crippen LogP contribution is -2.11. The van der Waals surface area contributed by atoms with E-state index < -0.39 is 9.84 Å². The van der Waals surface area contributed by atoms with Crippen molar-refractivity contribution in [2.75, 3.05) is 5.32 Å². The molecule has 0 radical (unpaired) electrons. The lowest BCUT2D eigenvalue weighted by Gasteiger charge is -2.08. The van der Waals surface area contributed by atoms with Crippen LogP contribution < -0.4 is 5.32 Å². The van der Waals surface area contributed by atoms with Crippen LogP contribution in [0.25, 0.3) is 0 Å². The largest absolute Gasteiger partial charge is 0.321 e. The SMILES string of the molecule is Cc1ccc(NC(=O)c2ccc(S(=O)(=O)c3ccccc3)s2)c(C)c1. The van der Waals surface area contributed by atoms with E-state index in [0.29, 0.717) is 4.88 Å². The maximum Gasteiger partial charge on any atom is 0.265 e. The summed E-state index contributed by atoms with van der Waals surface area (Å²) in [7, 11) is -3.60. The molecular formula is C19H17NO3S2. The number of nitrogens with one attached hydrogen (secondary N) is 1. The highest BCUT2D eigenvalue weighted by molar-refractivity contribution is 7.93. The number of anilines is 1. The van der Waals surface area contributed by atoms with Crippen LogP contribution in [0, 0.1) is 13.8 Å². The normalized spacial score (nSPS) is 11.3. The standard InChI is InChI=1S/C19H17NO3S2/c1-13-8-9-16(14(2)12-13)20-19(21)17-10-11-18(24-17)25(22,23)15-6-4-3-5-7-15/h3-12H,1-2H3,(H,20,21). The van der Waals surface area contributed by atoms with Crippen LogP contribution in [0.4, 0.5) is 5.69 Å². The van der Waals surface area contributed by atoms with Gasteiger partial charge in [0.1, 0.15) is 4.21 Å². The smallest absolute Gasteiger partial charge is 0.265 e. The van der Waals surface area contributed by atoms with Crippen molar-refractivity contribution in [3.05, 3.63) is 76.7 Å². The summed E-state index contributed by atoms with van der Waals surface area (Å²) in [5.41, 5.74) is 2.79. The Morgan fingerprint density at radius 2 is 1.68 bits per heavy atom. The minimum absolute atomic E-state index is 0.157. The molecule has 25 heavy (non-hydrogen) atoms. The molecule has 3 rings (SSSR count). The van der Waals surface area contributed by atoms with E-state index in [1.165, 1.54) is 6.07 Å². The first kappa shape index (κ1) is 17.4. The van der Waals surface area contributed by atoms with Gasteiger partial charge in [-0.1, -0.05) is 35.9 Å². The van der Waals surface area contributed by atoms with Crippen molar-refractivity contribution in [3.8, 4) is 0 Å². The molecule has 2 aromatic carbocycles. The number of sulfone groups is 1. The molecule has 0 aliphatic carbocycles. The van der Waals surface area contributed by atoms with Crippen LogP contribution in [0.1, 0.15) is 20.8 Å². The molecule has 0 saturated heterocycles. The molecule has 0 saturated carbocycles. The van der Waals surface area contributed by atoms with E-state index in [4.69, 9.17) is 0 Å². The number of benzene rings is 2. The van der Waals surface area contributed by atoms with Crippen molar-refractivity contribution < 1.29 is 13.2 Å². The Morgan fingerprint density at radius 1 is 0.960 bits per heavy atom. The average molecular weight is 371 g/mol. The monoisotopic (exact) mass is 371 g/mol. The summed E-state index contributed by atoms with van der Waals surface area (Å²) in [6, 6.07) is 17.0. The van der Waals surface area contributed by atoms with Crippen LogP contribution >= 0.6 is 11.3 Å². The number of carbonyl (C=O) groups is 1. The molecule has 0 spiro atoms. The number of rotatable bonds is 4. The van der Waals surface area contributed by atoms with Crippen LogP contribution in [0.5, 0.6) is 0 Å². The molecule has 1 N–H and O–H groups in total. The van der Waals surface area contributed by atoms with Gasteiger partial charge in [0.25, 0.3) is 5.91 Å². The van der Waals surface area contributed by atoms with Crippen LogP contribution in [0.15, 0.2) is 69.8 Å². The van der Waals surface area contributed by atoms with Gasteiger partial charge in [-0.25, -0.2) is 8.42 Å². The first-order valence-corrected chi connectivity index (χ1v) is 9.96. The summed E-state index contributed by atoms with van der Waals surface area (Å²) in [6.45, 7) is 3.90. The molecule has 1 aromatic heterocycles. The molecule has 0 atom stereocenters. The second-order valence-electron chi connectivity index (χ2n) is 5.71. The molecule has 0 aliphatic rings. The van der Waals surface area contributed by atoms with E-state index in [9.17, 15) is 13.2 Å². The quantitative estimate of drug-likeness (QED) is 0.737. The second kappa shape index (κ2) is 6.82. The summed E-state index contributed by atoms with van der Waals surface area (Å²) in [6.07, 6.45) is 0. The minimum atomic E-state index is -3.60. The first-order valence-electron chi connectivity index (χ1n) is 7.66. The topological polar surface area (TPSA) is 63.2 Å². The highest BCUT2D eigenvalue weighted by Crippen LogP contribution is 2.28. The number of carbonyl (C=O) groups excluding carboxylic acids is 1. The van der Waals surface area contributed by atoms with Crippen LogP contribution in [0.2, 0.25) is 0 Å². The summed E-state index contributed by atoms with van der Waals surface area (Å²) in [5.74, 6) is -0.313. The molecule has 6 heteroatoms. The third-order valence-electron chi connectivity index (χ3n) is 3.75. The highest BCUT2D eigenvalue weighted by Gasteiger charge is 2.21. The maximum atomic E-state index is 12.6. The number of aryl methyl sites for hydroxylation is 2. The van der Waals surface area contributed by atoms with E-state index in [1.54, 1.807) is 36.4 Å². The Labute approximate surface area is 151 Å². The van der Waals surface area contributed by atoms with Crippen LogP contribution in [0.3, 0.4) is 0 Å². The van der Waals surface area contributed by atoms with Crippen molar-refractivity contribution in [1.82, 2.24) is 0 Å². The van der Waals surface area contributed by atoms with Gasteiger partial charge in [0.15, 0.2) is 0 Å². The molecule has 1 amide bonds. The number of hydrogen-bond donors (Lipinski definition) is 1. The van der Waals surface area contributed by atoms with Crippen LogP contribution in [-0.4, -0.2) is 14.3 Å². The zero-order valence-electron chi connectivity index (χ0n) is 13.8. The van der Waals surface area contributed by atoms with E-state index in [2.05, 4.69) is 5.32 Å². The predicted molar refractivity (Wildman–Crippen MR) is 100 cm³/mol. The van der Waals surface area contributed by atoms with Crippen molar-refractivity contribution in [3.63, 3.8) is 0 Å². The fraction of sp³-hybridized carbons (Fsp3) is 0.105. The van der Waals surface area contributed by atoms with Crippen LogP contribution in [-0.2, 0) is 9.84 Å². The summed E-state index contributed by atoms with van der Waals surface area (Å²) < 4.78 is 25.4. The van der Waals surface area contributed by atoms with Gasteiger partial charge in [-0.2, -0.15) is 0 Å².